The molecule has 3 rings (SSSR count). The van der Waals surface area contributed by atoms with Crippen LogP contribution in [0.4, 0.5) is 0 Å². The average molecular weight is 320 g/mol. The molecule has 1 spiro atoms. The van der Waals surface area contributed by atoms with Gasteiger partial charge >= 0.3 is 0 Å². The van der Waals surface area contributed by atoms with Gasteiger partial charge in [0.2, 0.25) is 5.91 Å². The van der Waals surface area contributed by atoms with E-state index in [-0.39, 0.29) is 5.41 Å². The van der Waals surface area contributed by atoms with Crippen molar-refractivity contribution in [3.05, 3.63) is 18.0 Å². The molecule has 1 aromatic rings. The molecule has 1 aromatic heterocycles. The van der Waals surface area contributed by atoms with E-state index in [0.717, 1.165) is 58.4 Å². The van der Waals surface area contributed by atoms with Crippen molar-refractivity contribution < 1.29 is 9.53 Å². The van der Waals surface area contributed by atoms with E-state index in [1.807, 2.05) is 22.8 Å². The molecule has 6 nitrogen and oxygen atoms in total. The number of ether oxygens (including phenoxy) is 1. The van der Waals surface area contributed by atoms with Crippen LogP contribution in [0.1, 0.15) is 24.8 Å². The summed E-state index contributed by atoms with van der Waals surface area (Å²) in [4.78, 5) is 17.4. The van der Waals surface area contributed by atoms with Crippen LogP contribution in [0.5, 0.6) is 0 Å². The molecule has 0 N–H and O–H groups in total. The lowest BCUT2D eigenvalue weighted by Gasteiger charge is -2.39. The van der Waals surface area contributed by atoms with Crippen molar-refractivity contribution in [1.29, 1.82) is 0 Å². The zero-order valence-electron chi connectivity index (χ0n) is 14.3. The fourth-order valence-corrected chi connectivity index (χ4v) is 3.98. The Labute approximate surface area is 138 Å². The predicted molar refractivity (Wildman–Crippen MR) is 88.1 cm³/mol. The molecule has 128 valence electrons. The highest BCUT2D eigenvalue weighted by molar-refractivity contribution is 5.84. The Kier molecular flexibility index (Phi) is 5.02. The molecule has 0 radical (unpaired) electrons. The van der Waals surface area contributed by atoms with Crippen molar-refractivity contribution in [2.24, 2.45) is 12.5 Å². The molecule has 2 aliphatic heterocycles. The number of nitrogens with zero attached hydrogens (tertiary/aromatic N) is 4. The highest BCUT2D eigenvalue weighted by Crippen LogP contribution is 2.39. The minimum Gasteiger partial charge on any atom is -0.383 e. The fraction of sp³-hybridized carbons (Fsp3) is 0.765. The zero-order valence-corrected chi connectivity index (χ0v) is 14.3. The van der Waals surface area contributed by atoms with Gasteiger partial charge in [-0.25, -0.2) is 0 Å². The van der Waals surface area contributed by atoms with Crippen LogP contribution in [0.2, 0.25) is 0 Å². The van der Waals surface area contributed by atoms with Gasteiger partial charge < -0.3 is 14.5 Å². The van der Waals surface area contributed by atoms with Crippen LogP contribution in [0, 0.1) is 5.41 Å². The SMILES string of the molecule is COCCN1CCCC2(CCN(CCc3cnn(C)c3)C2)C1=O. The monoisotopic (exact) mass is 320 g/mol. The number of aromatic nitrogens is 2. The number of carbonyl (C=O) groups excluding carboxylic acids is 1. The molecule has 23 heavy (non-hydrogen) atoms. The number of aryl methyl sites for hydroxylation is 1. The highest BCUT2D eigenvalue weighted by Gasteiger charge is 2.47. The van der Waals surface area contributed by atoms with Crippen molar-refractivity contribution in [2.75, 3.05) is 46.4 Å². The third-order valence-electron chi connectivity index (χ3n) is 5.30. The molecular formula is C17H28N4O2. The Hall–Kier alpha value is -1.40. The van der Waals surface area contributed by atoms with E-state index in [9.17, 15) is 4.79 Å². The number of carbonyl (C=O) groups is 1. The number of rotatable bonds is 6. The third-order valence-corrected chi connectivity index (χ3v) is 5.30. The summed E-state index contributed by atoms with van der Waals surface area (Å²) >= 11 is 0. The Balaban J connectivity index is 1.55. The van der Waals surface area contributed by atoms with Gasteiger partial charge in [-0.1, -0.05) is 0 Å². The predicted octanol–water partition coefficient (Wildman–Crippen LogP) is 0.924. The van der Waals surface area contributed by atoms with Gasteiger partial charge in [0.05, 0.1) is 18.2 Å². The van der Waals surface area contributed by atoms with Crippen LogP contribution in [-0.2, 0) is 23.0 Å². The first kappa shape index (κ1) is 16.5. The first-order valence-corrected chi connectivity index (χ1v) is 8.61. The summed E-state index contributed by atoms with van der Waals surface area (Å²) in [6, 6.07) is 0. The van der Waals surface area contributed by atoms with Gasteiger partial charge in [0.1, 0.15) is 0 Å². The van der Waals surface area contributed by atoms with E-state index in [0.29, 0.717) is 12.5 Å². The Bertz CT molecular complexity index is 544. The lowest BCUT2D eigenvalue weighted by Crippen LogP contribution is -2.51. The molecule has 0 aromatic carbocycles. The second-order valence-electron chi connectivity index (χ2n) is 6.97. The molecule has 3 heterocycles. The summed E-state index contributed by atoms with van der Waals surface area (Å²) in [7, 11) is 3.64. The van der Waals surface area contributed by atoms with Gasteiger partial charge in [-0.05, 0) is 37.8 Å². The molecule has 2 fully saturated rings. The summed E-state index contributed by atoms with van der Waals surface area (Å²) < 4.78 is 6.99. The molecular weight excluding hydrogens is 292 g/mol. The average Bonchev–Trinajstić information content (AvgIpc) is 3.14. The van der Waals surface area contributed by atoms with Crippen molar-refractivity contribution in [2.45, 2.75) is 25.7 Å². The van der Waals surface area contributed by atoms with Crippen molar-refractivity contribution in [3.63, 3.8) is 0 Å². The summed E-state index contributed by atoms with van der Waals surface area (Å²) in [6.45, 7) is 5.21. The van der Waals surface area contributed by atoms with E-state index in [2.05, 4.69) is 16.2 Å². The maximum Gasteiger partial charge on any atom is 0.230 e. The highest BCUT2D eigenvalue weighted by atomic mass is 16.5. The normalized spacial score (nSPS) is 25.7. The van der Waals surface area contributed by atoms with Gasteiger partial charge in [0, 0.05) is 46.5 Å². The molecule has 0 aliphatic carbocycles. The van der Waals surface area contributed by atoms with E-state index in [1.54, 1.807) is 7.11 Å². The van der Waals surface area contributed by atoms with Crippen LogP contribution in [-0.4, -0.2) is 71.9 Å². The summed E-state index contributed by atoms with van der Waals surface area (Å²) in [6.07, 6.45) is 8.17. The molecule has 0 bridgehead atoms. The van der Waals surface area contributed by atoms with Crippen molar-refractivity contribution in [1.82, 2.24) is 19.6 Å². The standard InChI is InChI=1S/C17H28N4O2/c1-19-13-15(12-18-19)4-8-20-9-6-17(14-20)5-3-7-21(16(17)22)10-11-23-2/h12-13H,3-11,14H2,1-2H3. The first-order chi connectivity index (χ1) is 11.1. The summed E-state index contributed by atoms with van der Waals surface area (Å²) in [5.74, 6) is 0.352. The van der Waals surface area contributed by atoms with Crippen LogP contribution in [0.25, 0.3) is 0 Å². The van der Waals surface area contributed by atoms with Gasteiger partial charge in [0.25, 0.3) is 0 Å². The maximum atomic E-state index is 12.9. The number of hydrogen-bond acceptors (Lipinski definition) is 4. The molecule has 1 atom stereocenters. The van der Waals surface area contributed by atoms with Crippen molar-refractivity contribution in [3.8, 4) is 0 Å². The first-order valence-electron chi connectivity index (χ1n) is 8.61. The third kappa shape index (κ3) is 3.58. The van der Waals surface area contributed by atoms with Crippen molar-refractivity contribution >= 4 is 5.91 Å². The lowest BCUT2D eigenvalue weighted by atomic mass is 9.78. The number of piperidine rings is 1. The van der Waals surface area contributed by atoms with E-state index < -0.39 is 0 Å². The second kappa shape index (κ2) is 7.01. The van der Waals surface area contributed by atoms with Gasteiger partial charge in [0.15, 0.2) is 0 Å². The van der Waals surface area contributed by atoms with E-state index in [4.69, 9.17) is 4.74 Å². The number of amides is 1. The smallest absolute Gasteiger partial charge is 0.230 e. The van der Waals surface area contributed by atoms with E-state index >= 15 is 0 Å². The van der Waals surface area contributed by atoms with Crippen LogP contribution in [0.15, 0.2) is 12.4 Å². The summed E-state index contributed by atoms with van der Waals surface area (Å²) in [5, 5.41) is 4.22. The van der Waals surface area contributed by atoms with E-state index in [1.165, 1.54) is 5.56 Å². The maximum absolute atomic E-state index is 12.9. The van der Waals surface area contributed by atoms with Gasteiger partial charge in [-0.2, -0.15) is 5.10 Å². The second-order valence-corrected chi connectivity index (χ2v) is 6.97. The topological polar surface area (TPSA) is 50.6 Å². The number of methoxy groups -OCH3 is 1. The molecule has 0 saturated carbocycles. The lowest BCUT2D eigenvalue weighted by molar-refractivity contribution is -0.146. The molecule has 1 amide bonds. The Morgan fingerprint density at radius 3 is 2.91 bits per heavy atom. The Morgan fingerprint density at radius 2 is 2.17 bits per heavy atom. The minimum atomic E-state index is -0.138. The zero-order chi connectivity index (χ0) is 16.3. The van der Waals surface area contributed by atoms with Gasteiger partial charge in [-0.3, -0.25) is 9.48 Å². The van der Waals surface area contributed by atoms with Gasteiger partial charge in [-0.15, -0.1) is 0 Å². The van der Waals surface area contributed by atoms with Crippen LogP contribution >= 0.6 is 0 Å². The largest absolute Gasteiger partial charge is 0.383 e. The molecule has 6 heteroatoms. The quantitative estimate of drug-likeness (QED) is 0.782. The number of likely N-dealkylation sites (tertiary alicyclic amines) is 2. The molecule has 2 aliphatic rings. The molecule has 1 unspecified atom stereocenters. The number of hydrogen-bond donors (Lipinski definition) is 0. The van der Waals surface area contributed by atoms with Crippen LogP contribution in [0.3, 0.4) is 0 Å². The fourth-order valence-electron chi connectivity index (χ4n) is 3.98. The molecule has 2 saturated heterocycles. The minimum absolute atomic E-state index is 0.138. The Morgan fingerprint density at radius 1 is 1.30 bits per heavy atom. The summed E-state index contributed by atoms with van der Waals surface area (Å²) in [5.41, 5.74) is 1.13. The van der Waals surface area contributed by atoms with Crippen LogP contribution < -0.4 is 0 Å².